The molecule has 0 unspecified atom stereocenters. The van der Waals surface area contributed by atoms with E-state index < -0.39 is 5.41 Å². The molecule has 2 rings (SSSR count). The van der Waals surface area contributed by atoms with Crippen molar-refractivity contribution in [2.24, 2.45) is 16.7 Å². The van der Waals surface area contributed by atoms with Gasteiger partial charge < -0.3 is 0 Å². The van der Waals surface area contributed by atoms with Gasteiger partial charge >= 0.3 is 170 Å². The van der Waals surface area contributed by atoms with E-state index >= 15 is 0 Å². The number of hydrogen-bond acceptors (Lipinski definition) is 3. The van der Waals surface area contributed by atoms with E-state index in [-0.39, 0.29) is 38.4 Å². The molecule has 0 spiro atoms. The van der Waals surface area contributed by atoms with Gasteiger partial charge in [0.25, 0.3) is 0 Å². The SMILES string of the molecule is C=C(C)[C@@H]1CC[C@H](OC(=O)C(C)(C)C)[C@@]1(C)CCC(=O)[Se]c1ccccc1. The molecule has 1 saturated carbocycles. The van der Waals surface area contributed by atoms with Gasteiger partial charge in [-0.15, -0.1) is 0 Å². The molecule has 0 bridgehead atoms. The molecule has 1 aromatic carbocycles. The number of esters is 1. The Bertz CT molecular complexity index is 689. The van der Waals surface area contributed by atoms with Gasteiger partial charge in [0.15, 0.2) is 0 Å². The number of carbonyl (C=O) groups is 2. The minimum absolute atomic E-state index is 0.150. The summed E-state index contributed by atoms with van der Waals surface area (Å²) in [7, 11) is 0. The molecule has 27 heavy (non-hydrogen) atoms. The quantitative estimate of drug-likeness (QED) is 0.365. The average Bonchev–Trinajstić information content (AvgIpc) is 2.90. The van der Waals surface area contributed by atoms with Gasteiger partial charge in [0.2, 0.25) is 0 Å². The number of benzene rings is 1. The second-order valence-corrected chi connectivity index (χ2v) is 11.3. The fourth-order valence-corrected chi connectivity index (χ4v) is 5.48. The second kappa shape index (κ2) is 8.75. The molecular formula is C23H32O3Se. The summed E-state index contributed by atoms with van der Waals surface area (Å²) in [4.78, 5) is 25.0. The van der Waals surface area contributed by atoms with Crippen molar-refractivity contribution in [1.29, 1.82) is 0 Å². The Morgan fingerprint density at radius 1 is 1.22 bits per heavy atom. The number of hydrogen-bond donors (Lipinski definition) is 0. The number of ether oxygens (including phenoxy) is 1. The van der Waals surface area contributed by atoms with Gasteiger partial charge in [-0.05, 0) is 0 Å². The van der Waals surface area contributed by atoms with Crippen LogP contribution in [0.15, 0.2) is 42.5 Å². The molecule has 4 heteroatoms. The zero-order valence-electron chi connectivity index (χ0n) is 17.2. The van der Waals surface area contributed by atoms with E-state index in [0.717, 1.165) is 29.3 Å². The standard InChI is InChI=1S/C23H32O3Se/c1-16(2)18-12-13-19(26-21(25)22(3,4)5)23(18,6)15-14-20(24)27-17-10-8-7-9-11-17/h7-11,18-19H,1,12-15H2,2-6H3/t18-,19-,23-/m0/s1. The van der Waals surface area contributed by atoms with Crippen molar-refractivity contribution >= 4 is 30.1 Å². The normalized spacial score (nSPS) is 25.2. The van der Waals surface area contributed by atoms with Crippen molar-refractivity contribution in [2.75, 3.05) is 0 Å². The van der Waals surface area contributed by atoms with Crippen molar-refractivity contribution < 1.29 is 14.3 Å². The molecule has 0 N–H and O–H groups in total. The molecule has 0 saturated heterocycles. The molecule has 1 fully saturated rings. The van der Waals surface area contributed by atoms with E-state index in [0.29, 0.717) is 11.1 Å². The third-order valence-corrected chi connectivity index (χ3v) is 7.52. The van der Waals surface area contributed by atoms with Crippen molar-refractivity contribution in [3.8, 4) is 0 Å². The van der Waals surface area contributed by atoms with Crippen LogP contribution >= 0.6 is 0 Å². The predicted octanol–water partition coefficient (Wildman–Crippen LogP) is 4.27. The van der Waals surface area contributed by atoms with Gasteiger partial charge in [0, 0.05) is 0 Å². The summed E-state index contributed by atoms with van der Waals surface area (Å²) in [6, 6.07) is 9.94. The summed E-state index contributed by atoms with van der Waals surface area (Å²) in [5.41, 5.74) is 0.372. The van der Waals surface area contributed by atoms with E-state index in [1.807, 2.05) is 58.0 Å². The topological polar surface area (TPSA) is 43.4 Å². The Hall–Kier alpha value is -1.38. The first-order valence-corrected chi connectivity index (χ1v) is 11.4. The molecule has 3 nitrogen and oxygen atoms in total. The van der Waals surface area contributed by atoms with Gasteiger partial charge in [0.1, 0.15) is 0 Å². The zero-order valence-corrected chi connectivity index (χ0v) is 18.9. The number of carbonyl (C=O) groups excluding carboxylic acids is 2. The Kier molecular flexibility index (Phi) is 7.10. The molecule has 1 aliphatic rings. The third kappa shape index (κ3) is 5.55. The first kappa shape index (κ1) is 21.9. The van der Waals surface area contributed by atoms with E-state index in [1.54, 1.807) is 0 Å². The fourth-order valence-electron chi connectivity index (χ4n) is 3.89. The summed E-state index contributed by atoms with van der Waals surface area (Å²) in [6.45, 7) is 14.0. The number of rotatable bonds is 7. The van der Waals surface area contributed by atoms with Crippen LogP contribution in [0.2, 0.25) is 0 Å². The molecule has 3 atom stereocenters. The molecule has 0 aliphatic heterocycles. The second-order valence-electron chi connectivity index (χ2n) is 8.91. The van der Waals surface area contributed by atoms with Crippen LogP contribution in [0, 0.1) is 16.7 Å². The van der Waals surface area contributed by atoms with Gasteiger partial charge in [-0.1, -0.05) is 0 Å². The van der Waals surface area contributed by atoms with Crippen LogP contribution in [-0.4, -0.2) is 31.7 Å². The van der Waals surface area contributed by atoms with Crippen LogP contribution in [0.5, 0.6) is 0 Å². The maximum absolute atomic E-state index is 12.6. The summed E-state index contributed by atoms with van der Waals surface area (Å²) >= 11 is -0.160. The zero-order chi connectivity index (χ0) is 20.2. The van der Waals surface area contributed by atoms with Crippen LogP contribution in [0.3, 0.4) is 0 Å². The molecule has 0 amide bonds. The molecule has 0 heterocycles. The van der Waals surface area contributed by atoms with E-state index in [2.05, 4.69) is 13.5 Å². The molecule has 0 aromatic heterocycles. The van der Waals surface area contributed by atoms with E-state index in [4.69, 9.17) is 4.74 Å². The van der Waals surface area contributed by atoms with Crippen LogP contribution in [0.4, 0.5) is 0 Å². The molecule has 1 aromatic rings. The van der Waals surface area contributed by atoms with Gasteiger partial charge in [-0.3, -0.25) is 0 Å². The summed E-state index contributed by atoms with van der Waals surface area (Å²) < 4.78 is 7.34. The predicted molar refractivity (Wildman–Crippen MR) is 111 cm³/mol. The minimum atomic E-state index is -0.519. The fraction of sp³-hybridized carbons (Fsp3) is 0.565. The Balaban J connectivity index is 2.08. The van der Waals surface area contributed by atoms with E-state index in [1.165, 1.54) is 0 Å². The van der Waals surface area contributed by atoms with Gasteiger partial charge in [0.05, 0.1) is 0 Å². The first-order chi connectivity index (χ1) is 12.5. The van der Waals surface area contributed by atoms with E-state index in [9.17, 15) is 9.59 Å². The Morgan fingerprint density at radius 3 is 2.41 bits per heavy atom. The summed E-state index contributed by atoms with van der Waals surface area (Å²) in [5.74, 6) is 0.119. The monoisotopic (exact) mass is 436 g/mol. The Labute approximate surface area is 170 Å². The van der Waals surface area contributed by atoms with Crippen LogP contribution in [-0.2, 0) is 14.3 Å². The Morgan fingerprint density at radius 2 is 1.85 bits per heavy atom. The molecular weight excluding hydrogens is 403 g/mol. The van der Waals surface area contributed by atoms with Gasteiger partial charge in [-0.25, -0.2) is 0 Å². The molecule has 0 radical (unpaired) electrons. The van der Waals surface area contributed by atoms with Crippen molar-refractivity contribution in [1.82, 2.24) is 0 Å². The van der Waals surface area contributed by atoms with Crippen LogP contribution in [0.25, 0.3) is 0 Å². The molecule has 1 aliphatic carbocycles. The summed E-state index contributed by atoms with van der Waals surface area (Å²) in [5, 5.41) is 0. The van der Waals surface area contributed by atoms with Crippen LogP contribution in [0.1, 0.15) is 60.3 Å². The van der Waals surface area contributed by atoms with Crippen LogP contribution < -0.4 is 4.46 Å². The summed E-state index contributed by atoms with van der Waals surface area (Å²) in [6.07, 6.45) is 2.92. The third-order valence-electron chi connectivity index (χ3n) is 5.55. The number of allylic oxidation sites excluding steroid dienone is 1. The van der Waals surface area contributed by atoms with Crippen molar-refractivity contribution in [3.63, 3.8) is 0 Å². The van der Waals surface area contributed by atoms with Crippen molar-refractivity contribution in [2.45, 2.75) is 66.4 Å². The molecule has 148 valence electrons. The maximum atomic E-state index is 12.6. The average molecular weight is 435 g/mol. The first-order valence-electron chi connectivity index (χ1n) is 9.66. The van der Waals surface area contributed by atoms with Gasteiger partial charge in [-0.2, -0.15) is 0 Å². The van der Waals surface area contributed by atoms with Crippen molar-refractivity contribution in [3.05, 3.63) is 42.5 Å².